The Morgan fingerprint density at radius 3 is 2.81 bits per heavy atom. The SMILES string of the molecule is Cc1c(Nc2c(C#N)cncc2C=Cc2ccccc2OCCCl)ccc2[nH]ccc12. The number of halogens is 1. The predicted octanol–water partition coefficient (Wildman–Crippen LogP) is 6.27. The van der Waals surface area contributed by atoms with Crippen LogP contribution in [0.25, 0.3) is 23.1 Å². The van der Waals surface area contributed by atoms with E-state index in [1.165, 1.54) is 0 Å². The lowest BCUT2D eigenvalue weighted by atomic mass is 10.1. The van der Waals surface area contributed by atoms with E-state index >= 15 is 0 Å². The number of nitrogens with one attached hydrogen (secondary N) is 2. The molecule has 0 fully saturated rings. The summed E-state index contributed by atoms with van der Waals surface area (Å²) in [7, 11) is 0. The largest absolute Gasteiger partial charge is 0.492 e. The molecule has 4 rings (SSSR count). The van der Waals surface area contributed by atoms with Crippen molar-refractivity contribution in [1.82, 2.24) is 9.97 Å². The number of benzene rings is 2. The lowest BCUT2D eigenvalue weighted by Gasteiger charge is -2.14. The topological polar surface area (TPSA) is 73.7 Å². The fourth-order valence-electron chi connectivity index (χ4n) is 3.46. The number of H-pyrrole nitrogens is 1. The predicted molar refractivity (Wildman–Crippen MR) is 127 cm³/mol. The van der Waals surface area contributed by atoms with Gasteiger partial charge < -0.3 is 15.0 Å². The number of aromatic amines is 1. The molecule has 31 heavy (non-hydrogen) atoms. The molecule has 0 amide bonds. The van der Waals surface area contributed by atoms with Gasteiger partial charge in [0.05, 0.1) is 17.1 Å². The third-order valence-electron chi connectivity index (χ3n) is 5.06. The van der Waals surface area contributed by atoms with Gasteiger partial charge in [-0.15, -0.1) is 11.6 Å². The van der Waals surface area contributed by atoms with Crippen molar-refractivity contribution in [3.8, 4) is 11.8 Å². The molecule has 2 N–H and O–H groups in total. The Morgan fingerprint density at radius 2 is 1.97 bits per heavy atom. The second kappa shape index (κ2) is 9.38. The number of aryl methyl sites for hydroxylation is 1. The standard InChI is InChI=1S/C25H21ClN4O/c1-17-21-10-12-29-23(21)9-8-22(17)30-25-19(15-28-16-20(25)14-27)7-6-18-4-2-3-5-24(18)31-13-11-26/h2-10,12,15-16,29H,11,13H2,1H3,(H,28,30). The summed E-state index contributed by atoms with van der Waals surface area (Å²) in [6, 6.07) is 16.1. The van der Waals surface area contributed by atoms with Gasteiger partial charge in [0.25, 0.3) is 0 Å². The minimum Gasteiger partial charge on any atom is -0.492 e. The number of hydrogen-bond acceptors (Lipinski definition) is 4. The fourth-order valence-corrected chi connectivity index (χ4v) is 3.54. The highest BCUT2D eigenvalue weighted by atomic mass is 35.5. The second-order valence-electron chi connectivity index (χ2n) is 6.97. The molecule has 0 radical (unpaired) electrons. The van der Waals surface area contributed by atoms with Crippen molar-refractivity contribution in [3.63, 3.8) is 0 Å². The summed E-state index contributed by atoms with van der Waals surface area (Å²) in [6.07, 6.45) is 9.12. The van der Waals surface area contributed by atoms with E-state index < -0.39 is 0 Å². The third kappa shape index (κ3) is 4.40. The monoisotopic (exact) mass is 428 g/mol. The van der Waals surface area contributed by atoms with Gasteiger partial charge in [0.2, 0.25) is 0 Å². The first-order valence-corrected chi connectivity index (χ1v) is 10.4. The average molecular weight is 429 g/mol. The van der Waals surface area contributed by atoms with Crippen LogP contribution in [0.5, 0.6) is 5.75 Å². The maximum absolute atomic E-state index is 9.66. The number of alkyl halides is 1. The summed E-state index contributed by atoms with van der Waals surface area (Å²) in [5, 5.41) is 14.3. The van der Waals surface area contributed by atoms with Crippen molar-refractivity contribution in [3.05, 3.63) is 83.3 Å². The lowest BCUT2D eigenvalue weighted by Crippen LogP contribution is -2.00. The number of para-hydroxylation sites is 1. The smallest absolute Gasteiger partial charge is 0.126 e. The van der Waals surface area contributed by atoms with Crippen molar-refractivity contribution < 1.29 is 4.74 Å². The molecule has 2 aromatic heterocycles. The van der Waals surface area contributed by atoms with Gasteiger partial charge in [0, 0.05) is 46.3 Å². The second-order valence-corrected chi connectivity index (χ2v) is 7.35. The summed E-state index contributed by atoms with van der Waals surface area (Å²) < 4.78 is 5.72. The number of pyridine rings is 1. The number of nitrogens with zero attached hydrogens (tertiary/aromatic N) is 2. The Bertz CT molecular complexity index is 1290. The van der Waals surface area contributed by atoms with Crippen LogP contribution < -0.4 is 10.1 Å². The van der Waals surface area contributed by atoms with E-state index in [1.54, 1.807) is 12.4 Å². The quantitative estimate of drug-likeness (QED) is 0.340. The van der Waals surface area contributed by atoms with Crippen LogP contribution in [0.3, 0.4) is 0 Å². The van der Waals surface area contributed by atoms with E-state index in [2.05, 4.69) is 28.3 Å². The van der Waals surface area contributed by atoms with E-state index in [0.717, 1.165) is 39.0 Å². The molecule has 2 aromatic carbocycles. The van der Waals surface area contributed by atoms with Crippen LogP contribution in [0.1, 0.15) is 22.3 Å². The van der Waals surface area contributed by atoms with Crippen LogP contribution in [0.2, 0.25) is 0 Å². The van der Waals surface area contributed by atoms with Gasteiger partial charge in [-0.25, -0.2) is 0 Å². The molecular weight excluding hydrogens is 408 g/mol. The molecule has 0 spiro atoms. The van der Waals surface area contributed by atoms with E-state index in [1.807, 2.05) is 60.8 Å². The van der Waals surface area contributed by atoms with E-state index in [4.69, 9.17) is 16.3 Å². The zero-order chi connectivity index (χ0) is 21.6. The van der Waals surface area contributed by atoms with Crippen molar-refractivity contribution in [1.29, 1.82) is 5.26 Å². The van der Waals surface area contributed by atoms with Gasteiger partial charge in [0.15, 0.2) is 0 Å². The van der Waals surface area contributed by atoms with Crippen molar-refractivity contribution >= 4 is 46.0 Å². The molecule has 0 aliphatic carbocycles. The molecule has 4 aromatic rings. The highest BCUT2D eigenvalue weighted by Crippen LogP contribution is 2.31. The average Bonchev–Trinajstić information content (AvgIpc) is 3.29. The molecule has 0 saturated carbocycles. The highest BCUT2D eigenvalue weighted by molar-refractivity contribution is 6.18. The summed E-state index contributed by atoms with van der Waals surface area (Å²) in [5.41, 5.74) is 6.04. The Morgan fingerprint density at radius 1 is 1.13 bits per heavy atom. The summed E-state index contributed by atoms with van der Waals surface area (Å²) >= 11 is 5.76. The van der Waals surface area contributed by atoms with Gasteiger partial charge in [-0.3, -0.25) is 4.98 Å². The van der Waals surface area contributed by atoms with Crippen LogP contribution in [-0.4, -0.2) is 22.5 Å². The van der Waals surface area contributed by atoms with Crippen LogP contribution >= 0.6 is 11.6 Å². The number of rotatable bonds is 7. The molecule has 154 valence electrons. The first-order valence-electron chi connectivity index (χ1n) is 9.89. The number of nitriles is 1. The summed E-state index contributed by atoms with van der Waals surface area (Å²) in [4.78, 5) is 7.46. The minimum absolute atomic E-state index is 0.422. The molecule has 2 heterocycles. The maximum Gasteiger partial charge on any atom is 0.126 e. The van der Waals surface area contributed by atoms with Crippen LogP contribution in [0.4, 0.5) is 11.4 Å². The van der Waals surface area contributed by atoms with Crippen LogP contribution in [0.15, 0.2) is 61.1 Å². The lowest BCUT2D eigenvalue weighted by molar-refractivity contribution is 0.342. The van der Waals surface area contributed by atoms with Crippen molar-refractivity contribution in [2.24, 2.45) is 0 Å². The summed E-state index contributed by atoms with van der Waals surface area (Å²) in [5.74, 6) is 1.18. The van der Waals surface area contributed by atoms with Crippen LogP contribution in [-0.2, 0) is 0 Å². The Balaban J connectivity index is 1.71. The number of fused-ring (bicyclic) bond motifs is 1. The molecule has 0 saturated heterocycles. The first kappa shape index (κ1) is 20.5. The Labute approximate surface area is 186 Å². The van der Waals surface area contributed by atoms with Gasteiger partial charge in [-0.1, -0.05) is 30.4 Å². The van der Waals surface area contributed by atoms with Gasteiger partial charge in [-0.2, -0.15) is 5.26 Å². The first-order chi connectivity index (χ1) is 15.2. The van der Waals surface area contributed by atoms with E-state index in [9.17, 15) is 5.26 Å². The summed E-state index contributed by atoms with van der Waals surface area (Å²) in [6.45, 7) is 2.50. The molecule has 0 aliphatic rings. The zero-order valence-corrected chi connectivity index (χ0v) is 17.8. The molecule has 6 heteroatoms. The number of anilines is 2. The van der Waals surface area contributed by atoms with E-state index in [-0.39, 0.29) is 0 Å². The molecule has 0 aliphatic heterocycles. The molecule has 0 atom stereocenters. The highest BCUT2D eigenvalue weighted by Gasteiger charge is 2.11. The van der Waals surface area contributed by atoms with Gasteiger partial charge in [-0.05, 0) is 36.8 Å². The molecule has 0 unspecified atom stereocenters. The Hall–Kier alpha value is -3.75. The number of aromatic nitrogens is 2. The van der Waals surface area contributed by atoms with Gasteiger partial charge in [0.1, 0.15) is 18.4 Å². The van der Waals surface area contributed by atoms with Crippen LogP contribution in [0, 0.1) is 18.3 Å². The van der Waals surface area contributed by atoms with E-state index in [0.29, 0.717) is 23.7 Å². The normalized spacial score (nSPS) is 11.0. The fraction of sp³-hybridized carbons (Fsp3) is 0.120. The van der Waals surface area contributed by atoms with Gasteiger partial charge >= 0.3 is 0 Å². The maximum atomic E-state index is 9.66. The third-order valence-corrected chi connectivity index (χ3v) is 5.21. The molecular formula is C25H21ClN4O. The molecule has 5 nitrogen and oxygen atoms in total. The minimum atomic E-state index is 0.422. The number of ether oxygens (including phenoxy) is 1. The Kier molecular flexibility index (Phi) is 6.21. The zero-order valence-electron chi connectivity index (χ0n) is 17.0. The van der Waals surface area contributed by atoms with Crippen molar-refractivity contribution in [2.75, 3.05) is 17.8 Å². The van der Waals surface area contributed by atoms with Crippen molar-refractivity contribution in [2.45, 2.75) is 6.92 Å². The number of hydrogen-bond donors (Lipinski definition) is 2. The molecule has 0 bridgehead atoms.